The van der Waals surface area contributed by atoms with Crippen LogP contribution in [0.5, 0.6) is 23.0 Å². The Hall–Kier alpha value is -4.57. The van der Waals surface area contributed by atoms with Crippen molar-refractivity contribution >= 4 is 44.1 Å². The van der Waals surface area contributed by atoms with E-state index in [4.69, 9.17) is 23.9 Å². The van der Waals surface area contributed by atoms with Crippen molar-refractivity contribution < 1.29 is 33.6 Å². The molecule has 0 spiro atoms. The molecule has 2 atom stereocenters. The molecule has 0 radical (unpaired) electrons. The van der Waals surface area contributed by atoms with E-state index in [-0.39, 0.29) is 17.4 Å². The van der Waals surface area contributed by atoms with Gasteiger partial charge in [0.1, 0.15) is 23.4 Å². The molecule has 2 aliphatic rings. The second kappa shape index (κ2) is 13.4. The molecule has 3 aromatic carbocycles. The van der Waals surface area contributed by atoms with Crippen LogP contribution in [0.25, 0.3) is 16.0 Å². The lowest BCUT2D eigenvalue weighted by atomic mass is 9.94. The van der Waals surface area contributed by atoms with Gasteiger partial charge in [0.15, 0.2) is 16.6 Å². The number of unbranched alkanes of at least 4 members (excludes halogenated alkanes) is 2. The van der Waals surface area contributed by atoms with Gasteiger partial charge in [-0.25, -0.2) is 4.98 Å². The van der Waals surface area contributed by atoms with E-state index in [1.807, 2.05) is 51.1 Å². The van der Waals surface area contributed by atoms with Crippen LogP contribution in [0, 0.1) is 0 Å². The highest BCUT2D eigenvalue weighted by Crippen LogP contribution is 2.46. The average Bonchev–Trinajstić information content (AvgIpc) is 3.71. The number of carbonyl (C=O) groups excluding carboxylic acids is 2. The molecule has 1 amide bonds. The summed E-state index contributed by atoms with van der Waals surface area (Å²) in [6, 6.07) is 15.3. The van der Waals surface area contributed by atoms with Crippen molar-refractivity contribution in [2.75, 3.05) is 24.7 Å². The first kappa shape index (κ1) is 31.4. The van der Waals surface area contributed by atoms with Crippen molar-refractivity contribution in [3.05, 3.63) is 76.9 Å². The highest BCUT2D eigenvalue weighted by Gasteiger charge is 2.48. The molecule has 2 aliphatic heterocycles. The van der Waals surface area contributed by atoms with Crippen molar-refractivity contribution in [3.8, 4) is 23.0 Å². The number of hydrogen-bond donors (Lipinski definition) is 1. The molecule has 240 valence electrons. The van der Waals surface area contributed by atoms with Gasteiger partial charge in [0.05, 0.1) is 41.7 Å². The number of benzene rings is 3. The Morgan fingerprint density at radius 2 is 1.80 bits per heavy atom. The van der Waals surface area contributed by atoms with Gasteiger partial charge in [0, 0.05) is 12.0 Å². The Labute approximate surface area is 272 Å². The van der Waals surface area contributed by atoms with E-state index >= 15 is 0 Å². The van der Waals surface area contributed by atoms with Crippen molar-refractivity contribution in [1.29, 1.82) is 0 Å². The first-order valence-electron chi connectivity index (χ1n) is 15.9. The molecule has 0 aliphatic carbocycles. The number of nitrogens with zero attached hydrogens (tertiary/aromatic N) is 2. The number of ketones is 1. The largest absolute Gasteiger partial charge is 0.507 e. The van der Waals surface area contributed by atoms with E-state index in [0.29, 0.717) is 65.3 Å². The molecule has 0 saturated carbocycles. The minimum Gasteiger partial charge on any atom is -0.507 e. The fourth-order valence-corrected chi connectivity index (χ4v) is 6.96. The highest BCUT2D eigenvalue weighted by atomic mass is 32.1. The standard InChI is InChI=1S/C36H38N2O7S/c1-5-8-9-16-44-28-15-10-22(19-29(28)43-7-3)32-31(33(39)23-11-14-27-24(18-23)17-21(4)45-27)34(40)35(41)38(32)36-37-26-13-12-25(42-6-2)20-30(26)46-36/h10-15,18-21,32,39H,5-9,16-17H2,1-4H3/b33-31+/t21-,32+/m0/s1. The molecule has 1 N–H and O–H groups in total. The maximum Gasteiger partial charge on any atom is 0.301 e. The fourth-order valence-electron chi connectivity index (χ4n) is 5.94. The number of rotatable bonds is 12. The molecule has 4 aromatic rings. The van der Waals surface area contributed by atoms with Gasteiger partial charge in [-0.15, -0.1) is 0 Å². The number of thiazole rings is 1. The Morgan fingerprint density at radius 1 is 0.978 bits per heavy atom. The lowest BCUT2D eigenvalue weighted by Crippen LogP contribution is -2.29. The summed E-state index contributed by atoms with van der Waals surface area (Å²) in [5.41, 5.74) is 2.60. The summed E-state index contributed by atoms with van der Waals surface area (Å²) in [5, 5.41) is 12.1. The van der Waals surface area contributed by atoms with Gasteiger partial charge in [0.2, 0.25) is 0 Å². The fraction of sp³-hybridized carbons (Fsp3) is 0.361. The molecule has 0 bridgehead atoms. The van der Waals surface area contributed by atoms with Gasteiger partial charge in [-0.05, 0) is 86.8 Å². The average molecular weight is 643 g/mol. The Kier molecular flexibility index (Phi) is 9.17. The lowest BCUT2D eigenvalue weighted by Gasteiger charge is -2.24. The third-order valence-corrected chi connectivity index (χ3v) is 9.09. The SMILES string of the molecule is CCCCCOc1ccc([C@@H]2/C(=C(\O)c3ccc4c(c3)C[C@H](C)O4)C(=O)C(=O)N2c2nc3ccc(OCC)cc3s2)cc1OCC. The van der Waals surface area contributed by atoms with Crippen LogP contribution in [-0.2, 0) is 16.0 Å². The van der Waals surface area contributed by atoms with Crippen LogP contribution in [-0.4, -0.2) is 47.7 Å². The van der Waals surface area contributed by atoms with E-state index in [9.17, 15) is 14.7 Å². The second-order valence-electron chi connectivity index (χ2n) is 11.4. The lowest BCUT2D eigenvalue weighted by molar-refractivity contribution is -0.132. The zero-order valence-corrected chi connectivity index (χ0v) is 27.3. The third kappa shape index (κ3) is 6.01. The quantitative estimate of drug-likeness (QED) is 0.0728. The van der Waals surface area contributed by atoms with Gasteiger partial charge in [0.25, 0.3) is 5.78 Å². The smallest absolute Gasteiger partial charge is 0.301 e. The summed E-state index contributed by atoms with van der Waals surface area (Å²) in [6.07, 6.45) is 3.74. The van der Waals surface area contributed by atoms with Gasteiger partial charge >= 0.3 is 5.91 Å². The van der Waals surface area contributed by atoms with Gasteiger partial charge < -0.3 is 24.1 Å². The zero-order chi connectivity index (χ0) is 32.4. The van der Waals surface area contributed by atoms with Crippen molar-refractivity contribution in [2.24, 2.45) is 0 Å². The molecule has 3 heterocycles. The summed E-state index contributed by atoms with van der Waals surface area (Å²) in [7, 11) is 0. The Morgan fingerprint density at radius 3 is 2.59 bits per heavy atom. The van der Waals surface area contributed by atoms with Crippen LogP contribution in [0.1, 0.15) is 69.7 Å². The van der Waals surface area contributed by atoms with E-state index < -0.39 is 17.7 Å². The van der Waals surface area contributed by atoms with Crippen LogP contribution in [0.4, 0.5) is 5.13 Å². The van der Waals surface area contributed by atoms with Crippen LogP contribution in [0.15, 0.2) is 60.2 Å². The van der Waals surface area contributed by atoms with E-state index in [1.165, 1.54) is 16.2 Å². The summed E-state index contributed by atoms with van der Waals surface area (Å²) in [6.45, 7) is 9.36. The number of aliphatic hydroxyl groups is 1. The predicted octanol–water partition coefficient (Wildman–Crippen LogP) is 7.61. The van der Waals surface area contributed by atoms with Crippen LogP contribution >= 0.6 is 11.3 Å². The van der Waals surface area contributed by atoms with E-state index in [2.05, 4.69) is 6.92 Å². The first-order chi connectivity index (χ1) is 22.3. The molecular formula is C36H38N2O7S. The van der Waals surface area contributed by atoms with Crippen LogP contribution in [0.3, 0.4) is 0 Å². The molecule has 9 nitrogen and oxygen atoms in total. The number of Topliss-reactive ketones (excluding diaryl/α,β-unsaturated/α-hetero) is 1. The minimum atomic E-state index is -0.969. The summed E-state index contributed by atoms with van der Waals surface area (Å²) in [5.74, 6) is 0.691. The minimum absolute atomic E-state index is 0.0138. The number of amides is 1. The van der Waals surface area contributed by atoms with Crippen molar-refractivity contribution in [1.82, 2.24) is 4.98 Å². The van der Waals surface area contributed by atoms with Crippen molar-refractivity contribution in [3.63, 3.8) is 0 Å². The summed E-state index contributed by atoms with van der Waals surface area (Å²) < 4.78 is 24.4. The van der Waals surface area contributed by atoms with Gasteiger partial charge in [-0.2, -0.15) is 0 Å². The third-order valence-electron chi connectivity index (χ3n) is 8.07. The second-order valence-corrected chi connectivity index (χ2v) is 12.4. The number of ether oxygens (including phenoxy) is 4. The van der Waals surface area contributed by atoms with Gasteiger partial charge in [-0.1, -0.05) is 37.2 Å². The molecule has 46 heavy (non-hydrogen) atoms. The number of aliphatic hydroxyl groups excluding tert-OH is 1. The molecule has 1 aromatic heterocycles. The van der Waals surface area contributed by atoms with Crippen LogP contribution < -0.4 is 23.8 Å². The topological polar surface area (TPSA) is 107 Å². The summed E-state index contributed by atoms with van der Waals surface area (Å²) in [4.78, 5) is 33.9. The number of anilines is 1. The van der Waals surface area contributed by atoms with E-state index in [0.717, 1.165) is 35.3 Å². The molecule has 1 saturated heterocycles. The van der Waals surface area contributed by atoms with Crippen LogP contribution in [0.2, 0.25) is 0 Å². The predicted molar refractivity (Wildman–Crippen MR) is 178 cm³/mol. The Balaban J connectivity index is 1.48. The number of carbonyl (C=O) groups is 2. The first-order valence-corrected chi connectivity index (χ1v) is 16.7. The van der Waals surface area contributed by atoms with Crippen molar-refractivity contribution in [2.45, 2.75) is 65.5 Å². The maximum absolute atomic E-state index is 13.9. The number of fused-ring (bicyclic) bond motifs is 2. The normalized spacial score (nSPS) is 18.6. The zero-order valence-electron chi connectivity index (χ0n) is 26.5. The van der Waals surface area contributed by atoms with E-state index in [1.54, 1.807) is 24.3 Å². The highest BCUT2D eigenvalue weighted by molar-refractivity contribution is 7.22. The monoisotopic (exact) mass is 642 g/mol. The Bertz CT molecular complexity index is 1810. The number of aromatic nitrogens is 1. The number of hydrogen-bond acceptors (Lipinski definition) is 9. The molecule has 10 heteroatoms. The van der Waals surface area contributed by atoms with Gasteiger partial charge in [-0.3, -0.25) is 14.5 Å². The molecular weight excluding hydrogens is 604 g/mol. The maximum atomic E-state index is 13.9. The summed E-state index contributed by atoms with van der Waals surface area (Å²) >= 11 is 1.28. The molecule has 0 unspecified atom stereocenters. The molecule has 6 rings (SSSR count). The molecule has 1 fully saturated rings.